The molecule has 0 bridgehead atoms. The number of nitriles is 1. The zero-order valence-corrected chi connectivity index (χ0v) is 18.6. The molecule has 1 N–H and O–H groups in total. The molecule has 1 saturated heterocycles. The molecule has 0 saturated carbocycles. The monoisotopic (exact) mass is 442 g/mol. The fourth-order valence-corrected chi connectivity index (χ4v) is 4.00. The summed E-state index contributed by atoms with van der Waals surface area (Å²) in [6, 6.07) is 17.9. The lowest BCUT2D eigenvalue weighted by atomic mass is 10.1. The molecule has 1 aliphatic heterocycles. The number of aromatic nitrogens is 2. The van der Waals surface area contributed by atoms with Crippen LogP contribution in [0.2, 0.25) is 0 Å². The molecule has 1 aliphatic rings. The number of hydrogen-bond acceptors (Lipinski definition) is 6. The molecule has 0 aliphatic carbocycles. The molecule has 1 aromatic heterocycles. The Labute approximate surface area is 193 Å². The molecule has 0 spiro atoms. The fourth-order valence-electron chi connectivity index (χ4n) is 4.00. The van der Waals surface area contributed by atoms with E-state index in [0.29, 0.717) is 37.2 Å². The van der Waals surface area contributed by atoms with E-state index in [1.165, 1.54) is 11.1 Å². The number of aliphatic hydroxyl groups is 1. The van der Waals surface area contributed by atoms with Crippen LogP contribution >= 0.6 is 0 Å². The van der Waals surface area contributed by atoms with Gasteiger partial charge in [-0.3, -0.25) is 4.79 Å². The summed E-state index contributed by atoms with van der Waals surface area (Å²) in [5.41, 5.74) is 4.42. The highest BCUT2D eigenvalue weighted by atomic mass is 16.5. The number of likely N-dealkylation sites (tertiary alicyclic amines) is 1. The molecule has 7 nitrogen and oxygen atoms in total. The Bertz CT molecular complexity index is 1190. The second kappa shape index (κ2) is 10.2. The van der Waals surface area contributed by atoms with Gasteiger partial charge in [-0.25, -0.2) is 9.97 Å². The second-order valence-electron chi connectivity index (χ2n) is 8.06. The molecule has 0 unspecified atom stereocenters. The van der Waals surface area contributed by atoms with E-state index in [1.54, 1.807) is 23.2 Å². The molecule has 168 valence electrons. The van der Waals surface area contributed by atoms with Crippen LogP contribution in [0.3, 0.4) is 0 Å². The number of amides is 1. The van der Waals surface area contributed by atoms with Crippen LogP contribution in [-0.4, -0.2) is 51.7 Å². The van der Waals surface area contributed by atoms with Crippen LogP contribution in [0.15, 0.2) is 54.7 Å². The molecule has 3 aromatic rings. The van der Waals surface area contributed by atoms with Crippen LogP contribution in [0, 0.1) is 11.3 Å². The highest BCUT2D eigenvalue weighted by molar-refractivity contribution is 5.77. The Kier molecular flexibility index (Phi) is 6.96. The molecule has 4 rings (SSSR count). The lowest BCUT2D eigenvalue weighted by Crippen LogP contribution is -2.32. The first-order chi connectivity index (χ1) is 16.1. The molecule has 1 amide bonds. The van der Waals surface area contributed by atoms with Gasteiger partial charge in [0.2, 0.25) is 5.91 Å². The number of carbonyl (C=O) groups is 1. The average Bonchev–Trinajstić information content (AvgIpc) is 3.32. The van der Waals surface area contributed by atoms with Crippen molar-refractivity contribution in [3.63, 3.8) is 0 Å². The van der Waals surface area contributed by atoms with E-state index in [0.717, 1.165) is 23.5 Å². The molecule has 33 heavy (non-hydrogen) atoms. The van der Waals surface area contributed by atoms with E-state index in [9.17, 15) is 10.1 Å². The molecule has 1 fully saturated rings. The predicted molar refractivity (Wildman–Crippen MR) is 124 cm³/mol. The first-order valence-electron chi connectivity index (χ1n) is 11.1. The van der Waals surface area contributed by atoms with Crippen LogP contribution in [0.5, 0.6) is 5.75 Å². The summed E-state index contributed by atoms with van der Waals surface area (Å²) in [6.45, 7) is 2.57. The summed E-state index contributed by atoms with van der Waals surface area (Å²) < 4.78 is 6.01. The van der Waals surface area contributed by atoms with Gasteiger partial charge in [-0.15, -0.1) is 0 Å². The van der Waals surface area contributed by atoms with Crippen molar-refractivity contribution in [2.24, 2.45) is 0 Å². The number of hydrogen-bond donors (Lipinski definition) is 1. The highest BCUT2D eigenvalue weighted by Crippen LogP contribution is 2.28. The van der Waals surface area contributed by atoms with Crippen LogP contribution < -0.4 is 4.74 Å². The van der Waals surface area contributed by atoms with Gasteiger partial charge >= 0.3 is 0 Å². The molecule has 1 atom stereocenters. The maximum atomic E-state index is 11.7. The first kappa shape index (κ1) is 22.4. The minimum absolute atomic E-state index is 0.206. The van der Waals surface area contributed by atoms with Gasteiger partial charge in [-0.1, -0.05) is 31.2 Å². The van der Waals surface area contributed by atoms with E-state index in [1.807, 2.05) is 12.1 Å². The summed E-state index contributed by atoms with van der Waals surface area (Å²) >= 11 is 0. The van der Waals surface area contributed by atoms with Gasteiger partial charge in [-0.05, 0) is 41.8 Å². The van der Waals surface area contributed by atoms with Gasteiger partial charge in [0.25, 0.3) is 0 Å². The topological polar surface area (TPSA) is 99.3 Å². The van der Waals surface area contributed by atoms with Crippen LogP contribution in [0.1, 0.15) is 35.9 Å². The number of aryl methyl sites for hydroxylation is 1. The number of ether oxygens (including phenoxy) is 1. The van der Waals surface area contributed by atoms with Crippen molar-refractivity contribution in [1.82, 2.24) is 14.9 Å². The first-order valence-corrected chi connectivity index (χ1v) is 11.1. The van der Waals surface area contributed by atoms with E-state index < -0.39 is 6.61 Å². The Morgan fingerprint density at radius 2 is 2.09 bits per heavy atom. The predicted octanol–water partition coefficient (Wildman–Crippen LogP) is 3.14. The van der Waals surface area contributed by atoms with Crippen molar-refractivity contribution in [2.75, 3.05) is 19.7 Å². The maximum Gasteiger partial charge on any atom is 0.248 e. The third-order valence-corrected chi connectivity index (χ3v) is 5.79. The van der Waals surface area contributed by atoms with Gasteiger partial charge in [0, 0.05) is 31.1 Å². The van der Waals surface area contributed by atoms with Gasteiger partial charge in [0.15, 0.2) is 0 Å². The minimum atomic E-state index is -0.504. The lowest BCUT2D eigenvalue weighted by molar-refractivity contribution is -0.133. The number of rotatable bonds is 7. The van der Waals surface area contributed by atoms with E-state index in [4.69, 9.17) is 14.8 Å². The number of nitrogens with zero attached hydrogens (tertiary/aromatic N) is 4. The molecule has 7 heteroatoms. The van der Waals surface area contributed by atoms with Crippen molar-refractivity contribution < 1.29 is 14.6 Å². The molecular weight excluding hydrogens is 416 g/mol. The summed E-state index contributed by atoms with van der Waals surface area (Å²) in [5.74, 6) is 0.896. The Hall–Kier alpha value is -3.76. The zero-order valence-electron chi connectivity index (χ0n) is 18.6. The molecular formula is C26H26N4O3. The third-order valence-electron chi connectivity index (χ3n) is 5.79. The van der Waals surface area contributed by atoms with Crippen LogP contribution in [0.25, 0.3) is 11.3 Å². The van der Waals surface area contributed by atoms with Crippen molar-refractivity contribution >= 4 is 5.91 Å². The minimum Gasteiger partial charge on any atom is -0.487 e. The Morgan fingerprint density at radius 3 is 2.88 bits per heavy atom. The van der Waals surface area contributed by atoms with Crippen molar-refractivity contribution in [1.29, 1.82) is 5.26 Å². The molecule has 0 radical (unpaired) electrons. The van der Waals surface area contributed by atoms with Crippen molar-refractivity contribution in [3.05, 3.63) is 77.2 Å². The number of carbonyl (C=O) groups excluding carboxylic acids is 1. The highest BCUT2D eigenvalue weighted by Gasteiger charge is 2.27. The average molecular weight is 443 g/mol. The lowest BCUT2D eigenvalue weighted by Gasteiger charge is -2.17. The van der Waals surface area contributed by atoms with Crippen molar-refractivity contribution in [2.45, 2.75) is 32.3 Å². The smallest absolute Gasteiger partial charge is 0.248 e. The van der Waals surface area contributed by atoms with E-state index in [2.05, 4.69) is 42.2 Å². The van der Waals surface area contributed by atoms with Crippen molar-refractivity contribution in [3.8, 4) is 23.1 Å². The van der Waals surface area contributed by atoms with Gasteiger partial charge in [0.1, 0.15) is 30.4 Å². The normalized spacial score (nSPS) is 15.3. The summed E-state index contributed by atoms with van der Waals surface area (Å²) in [6.07, 6.45) is 3.81. The zero-order chi connectivity index (χ0) is 23.2. The summed E-state index contributed by atoms with van der Waals surface area (Å²) in [5, 5.41) is 18.7. The summed E-state index contributed by atoms with van der Waals surface area (Å²) in [4.78, 5) is 22.4. The maximum absolute atomic E-state index is 11.7. The van der Waals surface area contributed by atoms with Gasteiger partial charge in [0.05, 0.1) is 17.8 Å². The van der Waals surface area contributed by atoms with E-state index in [-0.39, 0.29) is 12.0 Å². The Balaban J connectivity index is 1.50. The van der Waals surface area contributed by atoms with Gasteiger partial charge < -0.3 is 14.7 Å². The molecule has 2 heterocycles. The third kappa shape index (κ3) is 5.36. The Morgan fingerprint density at radius 1 is 1.24 bits per heavy atom. The van der Waals surface area contributed by atoms with Crippen LogP contribution in [0.4, 0.5) is 0 Å². The fraction of sp³-hybridized carbons (Fsp3) is 0.308. The molecule has 2 aromatic carbocycles. The quantitative estimate of drug-likeness (QED) is 0.604. The second-order valence-corrected chi connectivity index (χ2v) is 8.06. The number of aliphatic hydroxyl groups excluding tert-OH is 1. The van der Waals surface area contributed by atoms with E-state index >= 15 is 0 Å². The van der Waals surface area contributed by atoms with Crippen LogP contribution in [-0.2, 0) is 17.6 Å². The number of benzene rings is 2. The largest absolute Gasteiger partial charge is 0.487 e. The van der Waals surface area contributed by atoms with Gasteiger partial charge in [-0.2, -0.15) is 5.26 Å². The SMILES string of the molecule is CCc1cccc(Cc2nccc(-c3ccc(O[C@@H]4CCN(C(=O)CO)C4)c(C#N)c3)n2)c1. The standard InChI is InChI=1S/C26H26N4O3/c1-2-18-4-3-5-19(12-18)13-25-28-10-8-23(29-25)20-6-7-24(21(14-20)15-27)33-22-9-11-30(16-22)26(32)17-31/h3-8,10,12,14,22,31H,2,9,11,13,16-17H2,1H3/t22-/m1/s1. The summed E-state index contributed by atoms with van der Waals surface area (Å²) in [7, 11) is 0.